The minimum absolute atomic E-state index is 0.330. The van der Waals surface area contributed by atoms with Gasteiger partial charge in [0.05, 0.1) is 36.6 Å². The van der Waals surface area contributed by atoms with Gasteiger partial charge in [-0.1, -0.05) is 12.1 Å². The fourth-order valence-electron chi connectivity index (χ4n) is 4.36. The molecular formula is C19H26N4O2. The van der Waals surface area contributed by atoms with E-state index >= 15 is 0 Å². The van der Waals surface area contributed by atoms with Crippen LogP contribution in [0.25, 0.3) is 11.0 Å². The van der Waals surface area contributed by atoms with Gasteiger partial charge in [-0.15, -0.1) is 0 Å². The molecule has 134 valence electrons. The lowest BCUT2D eigenvalue weighted by Crippen LogP contribution is -2.49. The Morgan fingerprint density at radius 1 is 0.960 bits per heavy atom. The van der Waals surface area contributed by atoms with Crippen LogP contribution < -0.4 is 4.90 Å². The van der Waals surface area contributed by atoms with E-state index in [9.17, 15) is 0 Å². The second kappa shape index (κ2) is 6.59. The lowest BCUT2D eigenvalue weighted by Gasteiger charge is -2.38. The highest BCUT2D eigenvalue weighted by Gasteiger charge is 2.30. The highest BCUT2D eigenvalue weighted by molar-refractivity contribution is 5.79. The van der Waals surface area contributed by atoms with Crippen molar-refractivity contribution >= 4 is 17.0 Å². The molecule has 2 saturated heterocycles. The molecule has 2 aromatic rings. The van der Waals surface area contributed by atoms with Crippen molar-refractivity contribution in [1.29, 1.82) is 0 Å². The first-order valence-electron chi connectivity index (χ1n) is 9.52. The summed E-state index contributed by atoms with van der Waals surface area (Å²) in [4.78, 5) is 9.81. The Labute approximate surface area is 148 Å². The predicted octanol–water partition coefficient (Wildman–Crippen LogP) is 2.43. The number of hydrogen-bond acceptors (Lipinski definition) is 5. The van der Waals surface area contributed by atoms with E-state index in [-0.39, 0.29) is 0 Å². The van der Waals surface area contributed by atoms with Crippen LogP contribution in [0.5, 0.6) is 0 Å². The molecule has 0 N–H and O–H groups in total. The fourth-order valence-corrected chi connectivity index (χ4v) is 4.36. The summed E-state index contributed by atoms with van der Waals surface area (Å²) in [7, 11) is 0. The van der Waals surface area contributed by atoms with Crippen molar-refractivity contribution in [1.82, 2.24) is 14.5 Å². The van der Waals surface area contributed by atoms with E-state index in [4.69, 9.17) is 14.5 Å². The first-order chi connectivity index (χ1) is 12.4. The van der Waals surface area contributed by atoms with Crippen LogP contribution in [-0.4, -0.2) is 59.6 Å². The predicted molar refractivity (Wildman–Crippen MR) is 96.6 cm³/mol. The zero-order chi connectivity index (χ0) is 16.6. The Morgan fingerprint density at radius 2 is 1.72 bits per heavy atom. The zero-order valence-electron chi connectivity index (χ0n) is 14.6. The first kappa shape index (κ1) is 15.6. The van der Waals surface area contributed by atoms with Gasteiger partial charge in [0, 0.05) is 26.3 Å². The summed E-state index contributed by atoms with van der Waals surface area (Å²) >= 11 is 0. The van der Waals surface area contributed by atoms with Crippen LogP contribution in [0, 0.1) is 0 Å². The van der Waals surface area contributed by atoms with Gasteiger partial charge in [0.2, 0.25) is 5.95 Å². The van der Waals surface area contributed by atoms with E-state index < -0.39 is 0 Å². The number of benzene rings is 1. The SMILES string of the molecule is c1ccc2c(c1)nc1n2CN(C[C@@H]2CCCO2)CN1C[C@H]1CCCO1. The van der Waals surface area contributed by atoms with Crippen LogP contribution in [0.15, 0.2) is 24.3 Å². The zero-order valence-corrected chi connectivity index (χ0v) is 14.6. The molecule has 3 aliphatic rings. The quantitative estimate of drug-likeness (QED) is 0.854. The van der Waals surface area contributed by atoms with Gasteiger partial charge in [-0.05, 0) is 37.8 Å². The number of anilines is 1. The Kier molecular flexibility index (Phi) is 4.12. The van der Waals surface area contributed by atoms with Gasteiger partial charge in [0.25, 0.3) is 0 Å². The second-order valence-electron chi connectivity index (χ2n) is 7.46. The number of fused-ring (bicyclic) bond motifs is 3. The van der Waals surface area contributed by atoms with Crippen molar-refractivity contribution in [3.8, 4) is 0 Å². The van der Waals surface area contributed by atoms with Gasteiger partial charge in [-0.25, -0.2) is 4.98 Å². The van der Waals surface area contributed by atoms with Gasteiger partial charge < -0.3 is 14.4 Å². The Morgan fingerprint density at radius 3 is 2.48 bits per heavy atom. The van der Waals surface area contributed by atoms with Crippen molar-refractivity contribution in [2.24, 2.45) is 0 Å². The van der Waals surface area contributed by atoms with Crippen LogP contribution in [0.2, 0.25) is 0 Å². The molecular weight excluding hydrogens is 316 g/mol. The maximum atomic E-state index is 5.89. The number of ether oxygens (including phenoxy) is 2. The molecule has 0 unspecified atom stereocenters. The molecule has 0 radical (unpaired) electrons. The van der Waals surface area contributed by atoms with Crippen LogP contribution in [0.3, 0.4) is 0 Å². The molecule has 0 amide bonds. The fraction of sp³-hybridized carbons (Fsp3) is 0.632. The lowest BCUT2D eigenvalue weighted by molar-refractivity contribution is 0.0548. The second-order valence-corrected chi connectivity index (χ2v) is 7.46. The summed E-state index contributed by atoms with van der Waals surface area (Å²) in [5.74, 6) is 1.08. The Hall–Kier alpha value is -1.63. The lowest BCUT2D eigenvalue weighted by atomic mass is 10.2. The molecule has 1 aromatic carbocycles. The van der Waals surface area contributed by atoms with Gasteiger partial charge in [0.1, 0.15) is 0 Å². The normalized spacial score (nSPS) is 27.3. The molecule has 4 heterocycles. The van der Waals surface area contributed by atoms with Crippen molar-refractivity contribution in [2.45, 2.75) is 44.6 Å². The molecule has 5 rings (SSSR count). The number of para-hydroxylation sites is 2. The minimum Gasteiger partial charge on any atom is -0.377 e. The van der Waals surface area contributed by atoms with E-state index in [1.807, 2.05) is 0 Å². The van der Waals surface area contributed by atoms with E-state index in [0.29, 0.717) is 12.2 Å². The summed E-state index contributed by atoms with van der Waals surface area (Å²) in [6.45, 7) is 5.52. The number of aromatic nitrogens is 2. The van der Waals surface area contributed by atoms with Crippen LogP contribution in [0.4, 0.5) is 5.95 Å². The summed E-state index contributed by atoms with van der Waals surface area (Å²) < 4.78 is 14.1. The minimum atomic E-state index is 0.330. The average molecular weight is 342 g/mol. The number of nitrogens with zero attached hydrogens (tertiary/aromatic N) is 4. The van der Waals surface area contributed by atoms with Crippen LogP contribution in [0.1, 0.15) is 25.7 Å². The largest absolute Gasteiger partial charge is 0.377 e. The van der Waals surface area contributed by atoms with Crippen molar-refractivity contribution in [3.05, 3.63) is 24.3 Å². The van der Waals surface area contributed by atoms with Crippen molar-refractivity contribution in [2.75, 3.05) is 37.9 Å². The molecule has 2 fully saturated rings. The molecule has 2 atom stereocenters. The monoisotopic (exact) mass is 342 g/mol. The van der Waals surface area contributed by atoms with E-state index in [2.05, 4.69) is 38.6 Å². The summed E-state index contributed by atoms with van der Waals surface area (Å²) in [5.41, 5.74) is 2.29. The van der Waals surface area contributed by atoms with Crippen molar-refractivity contribution in [3.63, 3.8) is 0 Å². The summed E-state index contributed by atoms with van der Waals surface area (Å²) in [6, 6.07) is 8.44. The Balaban J connectivity index is 1.44. The molecule has 6 nitrogen and oxygen atoms in total. The standard InChI is InChI=1S/C19H26N4O2/c1-2-8-18-17(7-1)20-19-22(12-16-6-4-10-25-16)13-21(14-23(18)19)11-15-5-3-9-24-15/h1-2,7-8,15-16H,3-6,9-14H2/t15-,16+/m0/s1. The molecule has 0 aliphatic carbocycles. The van der Waals surface area contributed by atoms with Gasteiger partial charge in [-0.3, -0.25) is 9.47 Å². The maximum absolute atomic E-state index is 5.89. The van der Waals surface area contributed by atoms with Crippen LogP contribution in [-0.2, 0) is 16.1 Å². The third-order valence-electron chi connectivity index (χ3n) is 5.56. The van der Waals surface area contributed by atoms with Crippen molar-refractivity contribution < 1.29 is 9.47 Å². The summed E-state index contributed by atoms with van der Waals surface area (Å²) in [6.07, 6.45) is 5.41. The number of rotatable bonds is 4. The van der Waals surface area contributed by atoms with Gasteiger partial charge in [-0.2, -0.15) is 0 Å². The topological polar surface area (TPSA) is 42.8 Å². The molecule has 0 saturated carbocycles. The summed E-state index contributed by atoms with van der Waals surface area (Å²) in [5, 5.41) is 0. The highest BCUT2D eigenvalue weighted by atomic mass is 16.5. The van der Waals surface area contributed by atoms with Gasteiger partial charge >= 0.3 is 0 Å². The van der Waals surface area contributed by atoms with E-state index in [0.717, 1.165) is 57.5 Å². The van der Waals surface area contributed by atoms with Crippen LogP contribution >= 0.6 is 0 Å². The molecule has 0 bridgehead atoms. The number of hydrogen-bond donors (Lipinski definition) is 0. The third-order valence-corrected chi connectivity index (χ3v) is 5.56. The van der Waals surface area contributed by atoms with Gasteiger partial charge in [0.15, 0.2) is 0 Å². The molecule has 6 heteroatoms. The molecule has 25 heavy (non-hydrogen) atoms. The average Bonchev–Trinajstić information content (AvgIpc) is 3.36. The maximum Gasteiger partial charge on any atom is 0.208 e. The molecule has 0 spiro atoms. The third kappa shape index (κ3) is 3.03. The Bertz CT molecular complexity index is 734. The molecule has 3 aliphatic heterocycles. The highest BCUT2D eigenvalue weighted by Crippen LogP contribution is 2.29. The number of imidazole rings is 1. The van der Waals surface area contributed by atoms with E-state index in [1.165, 1.54) is 24.8 Å². The molecule has 1 aromatic heterocycles. The first-order valence-corrected chi connectivity index (χ1v) is 9.52. The van der Waals surface area contributed by atoms with E-state index in [1.54, 1.807) is 0 Å². The smallest absolute Gasteiger partial charge is 0.208 e.